The van der Waals surface area contributed by atoms with E-state index in [9.17, 15) is 13.2 Å². The van der Waals surface area contributed by atoms with Gasteiger partial charge in [0, 0.05) is 26.2 Å². The van der Waals surface area contributed by atoms with Gasteiger partial charge in [-0.05, 0) is 41.0 Å². The first-order chi connectivity index (χ1) is 20.5. The van der Waals surface area contributed by atoms with Crippen molar-refractivity contribution in [3.63, 3.8) is 0 Å². The molecular weight excluding hydrogens is 548 g/mol. The zero-order valence-corrected chi connectivity index (χ0v) is 23.7. The van der Waals surface area contributed by atoms with E-state index >= 15 is 0 Å². The molecule has 1 aliphatic heterocycles. The number of hydrogen-bond donors (Lipinski definition) is 0. The van der Waals surface area contributed by atoms with E-state index < -0.39 is 10.0 Å². The first kappa shape index (κ1) is 27.4. The highest BCUT2D eigenvalue weighted by Crippen LogP contribution is 2.28. The minimum Gasteiger partial charge on any atom is -0.481 e. The zero-order valence-electron chi connectivity index (χ0n) is 22.9. The lowest BCUT2D eigenvalue weighted by Gasteiger charge is -2.35. The first-order valence-electron chi connectivity index (χ1n) is 13.8. The summed E-state index contributed by atoms with van der Waals surface area (Å²) >= 11 is 0. The predicted molar refractivity (Wildman–Crippen MR) is 163 cm³/mol. The van der Waals surface area contributed by atoms with Crippen LogP contribution in [0.25, 0.3) is 16.8 Å². The van der Waals surface area contributed by atoms with Crippen molar-refractivity contribution in [2.24, 2.45) is 0 Å². The zero-order chi connectivity index (χ0) is 28.9. The first-order valence-corrected chi connectivity index (χ1v) is 15.2. The van der Waals surface area contributed by atoms with Crippen molar-refractivity contribution < 1.29 is 13.2 Å². The van der Waals surface area contributed by atoms with Gasteiger partial charge < -0.3 is 9.64 Å². The quantitative estimate of drug-likeness (QED) is 0.258. The molecule has 1 fully saturated rings. The number of piperazine rings is 1. The largest absolute Gasteiger partial charge is 0.481 e. The molecule has 5 aromatic rings. The van der Waals surface area contributed by atoms with Crippen molar-refractivity contribution in [2.75, 3.05) is 31.1 Å². The molecule has 0 aliphatic carbocycles. The Morgan fingerprint density at radius 3 is 1.90 bits per heavy atom. The second-order valence-electron chi connectivity index (χ2n) is 9.97. The molecule has 42 heavy (non-hydrogen) atoms. The summed E-state index contributed by atoms with van der Waals surface area (Å²) in [5.41, 5.74) is 3.94. The second-order valence-corrected chi connectivity index (χ2v) is 11.9. The maximum absolute atomic E-state index is 13.7. The van der Waals surface area contributed by atoms with Crippen LogP contribution in [0.5, 0.6) is 5.75 Å². The standard InChI is InChI=1S/C33H30N4O4S/c38-33-32(41-25-26-16-18-28(19-17-26)27-10-4-1-5-11-27)31(24-34-37(33)29-12-6-2-7-13-29)35-20-22-36(23-21-35)42(39,40)30-14-8-3-9-15-30/h1-19,24H,20-23,25H2. The molecule has 6 rings (SSSR count). The van der Waals surface area contributed by atoms with Crippen LogP contribution in [0.15, 0.2) is 131 Å². The van der Waals surface area contributed by atoms with Gasteiger partial charge in [0.25, 0.3) is 0 Å². The van der Waals surface area contributed by atoms with Crippen LogP contribution in [0.2, 0.25) is 0 Å². The normalized spacial score (nSPS) is 14.0. The van der Waals surface area contributed by atoms with Crippen LogP contribution in [0, 0.1) is 0 Å². The lowest BCUT2D eigenvalue weighted by Crippen LogP contribution is -2.49. The Labute approximate surface area is 245 Å². The summed E-state index contributed by atoms with van der Waals surface area (Å²) in [6.45, 7) is 1.53. The Balaban J connectivity index is 1.25. The molecule has 2 heterocycles. The Morgan fingerprint density at radius 1 is 0.690 bits per heavy atom. The smallest absolute Gasteiger partial charge is 0.316 e. The highest BCUT2D eigenvalue weighted by Gasteiger charge is 2.30. The SMILES string of the molecule is O=c1c(OCc2ccc(-c3ccccc3)cc2)c(N2CCN(S(=O)(=O)c3ccccc3)CC2)cnn1-c1ccccc1. The number of anilines is 1. The van der Waals surface area contributed by atoms with E-state index in [0.717, 1.165) is 16.7 Å². The monoisotopic (exact) mass is 578 g/mol. The molecule has 4 aromatic carbocycles. The number of hydrogen-bond acceptors (Lipinski definition) is 6. The summed E-state index contributed by atoms with van der Waals surface area (Å²) < 4.78 is 35.3. The molecule has 0 radical (unpaired) electrons. The van der Waals surface area contributed by atoms with Gasteiger partial charge in [0.15, 0.2) is 0 Å². The molecule has 1 aromatic heterocycles. The molecule has 1 aliphatic rings. The Hall–Kier alpha value is -4.73. The van der Waals surface area contributed by atoms with Gasteiger partial charge in [0.1, 0.15) is 12.3 Å². The number of benzene rings is 4. The molecule has 0 unspecified atom stereocenters. The third kappa shape index (κ3) is 5.70. The third-order valence-electron chi connectivity index (χ3n) is 7.32. The van der Waals surface area contributed by atoms with Crippen LogP contribution in [-0.4, -0.2) is 48.7 Å². The maximum atomic E-state index is 13.7. The summed E-state index contributed by atoms with van der Waals surface area (Å²) in [5.74, 6) is 0.181. The minimum atomic E-state index is -3.60. The maximum Gasteiger partial charge on any atom is 0.316 e. The predicted octanol–water partition coefficient (Wildman–Crippen LogP) is 4.99. The number of rotatable bonds is 8. The molecule has 0 atom stereocenters. The van der Waals surface area contributed by atoms with Crippen LogP contribution in [0.3, 0.4) is 0 Å². The van der Waals surface area contributed by atoms with Crippen molar-refractivity contribution in [1.29, 1.82) is 0 Å². The fourth-order valence-corrected chi connectivity index (χ4v) is 6.48. The van der Waals surface area contributed by atoms with E-state index in [2.05, 4.69) is 17.2 Å². The number of nitrogens with zero attached hydrogens (tertiary/aromatic N) is 4. The van der Waals surface area contributed by atoms with E-state index in [1.54, 1.807) is 36.5 Å². The summed E-state index contributed by atoms with van der Waals surface area (Å²) in [5, 5.41) is 4.45. The number of para-hydroxylation sites is 1. The molecule has 0 N–H and O–H groups in total. The van der Waals surface area contributed by atoms with Crippen LogP contribution in [-0.2, 0) is 16.6 Å². The van der Waals surface area contributed by atoms with E-state index in [4.69, 9.17) is 4.74 Å². The van der Waals surface area contributed by atoms with Crippen LogP contribution in [0.4, 0.5) is 5.69 Å². The van der Waals surface area contributed by atoms with E-state index in [1.807, 2.05) is 77.7 Å². The fourth-order valence-electron chi connectivity index (χ4n) is 5.03. The van der Waals surface area contributed by atoms with Crippen LogP contribution in [0.1, 0.15) is 5.56 Å². The van der Waals surface area contributed by atoms with Crippen molar-refractivity contribution in [1.82, 2.24) is 14.1 Å². The highest BCUT2D eigenvalue weighted by molar-refractivity contribution is 7.89. The number of aromatic nitrogens is 2. The fraction of sp³-hybridized carbons (Fsp3) is 0.152. The summed E-state index contributed by atoms with van der Waals surface area (Å²) in [4.78, 5) is 16.0. The molecule has 212 valence electrons. The van der Waals surface area contributed by atoms with Crippen molar-refractivity contribution >= 4 is 15.7 Å². The molecule has 0 amide bonds. The highest BCUT2D eigenvalue weighted by atomic mass is 32.2. The van der Waals surface area contributed by atoms with E-state index in [0.29, 0.717) is 24.5 Å². The van der Waals surface area contributed by atoms with E-state index in [-0.39, 0.29) is 35.9 Å². The average molecular weight is 579 g/mol. The summed E-state index contributed by atoms with van der Waals surface area (Å²) in [6, 6.07) is 35.8. The molecule has 8 nitrogen and oxygen atoms in total. The Morgan fingerprint density at radius 2 is 1.26 bits per heavy atom. The molecule has 1 saturated heterocycles. The lowest BCUT2D eigenvalue weighted by atomic mass is 10.0. The third-order valence-corrected chi connectivity index (χ3v) is 9.23. The van der Waals surface area contributed by atoms with Crippen molar-refractivity contribution in [3.05, 3.63) is 137 Å². The van der Waals surface area contributed by atoms with Gasteiger partial charge in [-0.1, -0.05) is 91.0 Å². The van der Waals surface area contributed by atoms with E-state index in [1.165, 1.54) is 8.99 Å². The molecule has 0 spiro atoms. The van der Waals surface area contributed by atoms with Gasteiger partial charge in [-0.25, -0.2) is 8.42 Å². The topological polar surface area (TPSA) is 84.7 Å². The summed E-state index contributed by atoms with van der Waals surface area (Å²) in [7, 11) is -3.60. The Kier molecular flexibility index (Phi) is 7.85. The van der Waals surface area contributed by atoms with Crippen molar-refractivity contribution in [2.45, 2.75) is 11.5 Å². The van der Waals surface area contributed by atoms with Gasteiger partial charge in [-0.2, -0.15) is 14.1 Å². The second kappa shape index (κ2) is 12.0. The van der Waals surface area contributed by atoms with Gasteiger partial charge in [0.2, 0.25) is 15.8 Å². The van der Waals surface area contributed by atoms with Crippen LogP contribution >= 0.6 is 0 Å². The van der Waals surface area contributed by atoms with Crippen molar-refractivity contribution in [3.8, 4) is 22.6 Å². The molecule has 9 heteroatoms. The Bertz CT molecular complexity index is 1800. The molecule has 0 saturated carbocycles. The van der Waals surface area contributed by atoms with Crippen LogP contribution < -0.4 is 15.2 Å². The van der Waals surface area contributed by atoms with Gasteiger partial charge in [-0.3, -0.25) is 4.79 Å². The lowest BCUT2D eigenvalue weighted by molar-refractivity contribution is 0.297. The summed E-state index contributed by atoms with van der Waals surface area (Å²) in [6.07, 6.45) is 1.63. The average Bonchev–Trinajstić information content (AvgIpc) is 3.05. The number of sulfonamides is 1. The van der Waals surface area contributed by atoms with Gasteiger partial charge >= 0.3 is 5.56 Å². The van der Waals surface area contributed by atoms with Gasteiger partial charge in [-0.15, -0.1) is 0 Å². The minimum absolute atomic E-state index is 0.181. The molecule has 0 bridgehead atoms. The van der Waals surface area contributed by atoms with Gasteiger partial charge in [0.05, 0.1) is 16.8 Å². The number of ether oxygens (including phenoxy) is 1. The molecular formula is C33H30N4O4S.